The lowest BCUT2D eigenvalue weighted by atomic mass is 9.82. The van der Waals surface area contributed by atoms with E-state index in [1.165, 1.54) is 0 Å². The second-order valence-corrected chi connectivity index (χ2v) is 7.35. The molecule has 19 heavy (non-hydrogen) atoms. The number of nitrogens with zero attached hydrogens (tertiary/aromatic N) is 4. The van der Waals surface area contributed by atoms with Crippen LogP contribution in [0.25, 0.3) is 0 Å². The fraction of sp³-hybridized carbons (Fsp3) is 0.857. The number of piperazine rings is 1. The maximum atomic E-state index is 4.36. The Morgan fingerprint density at radius 2 is 2.11 bits per heavy atom. The SMILES string of the molecule is Cn1ncnc1CN1CC(C)(C)NCC1C(C)(C)C. The molecule has 0 aromatic carbocycles. The number of hydrogen-bond donors (Lipinski definition) is 1. The first kappa shape index (κ1) is 14.5. The molecule has 1 aliphatic heterocycles. The minimum atomic E-state index is 0.153. The highest BCUT2D eigenvalue weighted by atomic mass is 15.3. The van der Waals surface area contributed by atoms with Crippen molar-refractivity contribution in [1.29, 1.82) is 0 Å². The lowest BCUT2D eigenvalue weighted by Gasteiger charge is -2.49. The second-order valence-electron chi connectivity index (χ2n) is 7.35. The zero-order chi connectivity index (χ0) is 14.3. The summed E-state index contributed by atoms with van der Waals surface area (Å²) in [6, 6.07) is 0.511. The first-order chi connectivity index (χ1) is 8.69. The van der Waals surface area contributed by atoms with E-state index in [1.54, 1.807) is 6.33 Å². The third-order valence-electron chi connectivity index (χ3n) is 3.96. The monoisotopic (exact) mass is 265 g/mol. The summed E-state index contributed by atoms with van der Waals surface area (Å²) in [6.45, 7) is 14.4. The quantitative estimate of drug-likeness (QED) is 0.878. The molecule has 1 aromatic heterocycles. The fourth-order valence-electron chi connectivity index (χ4n) is 2.84. The topological polar surface area (TPSA) is 46.0 Å². The molecule has 1 saturated heterocycles. The van der Waals surface area contributed by atoms with Crippen molar-refractivity contribution in [3.63, 3.8) is 0 Å². The van der Waals surface area contributed by atoms with Gasteiger partial charge >= 0.3 is 0 Å². The molecule has 0 aliphatic carbocycles. The van der Waals surface area contributed by atoms with Crippen molar-refractivity contribution in [2.45, 2.75) is 52.7 Å². The molecule has 5 heteroatoms. The summed E-state index contributed by atoms with van der Waals surface area (Å²) < 4.78 is 1.87. The fourth-order valence-corrected chi connectivity index (χ4v) is 2.84. The van der Waals surface area contributed by atoms with Crippen molar-refractivity contribution < 1.29 is 0 Å². The van der Waals surface area contributed by atoms with Gasteiger partial charge in [0.25, 0.3) is 0 Å². The third-order valence-corrected chi connectivity index (χ3v) is 3.96. The molecule has 1 fully saturated rings. The van der Waals surface area contributed by atoms with Crippen LogP contribution in [-0.4, -0.2) is 44.3 Å². The summed E-state index contributed by atoms with van der Waals surface area (Å²) in [6.07, 6.45) is 1.63. The average molecular weight is 265 g/mol. The average Bonchev–Trinajstić information content (AvgIpc) is 2.61. The number of rotatable bonds is 2. The first-order valence-electron chi connectivity index (χ1n) is 7.01. The molecule has 2 heterocycles. The largest absolute Gasteiger partial charge is 0.309 e. The number of aryl methyl sites for hydroxylation is 1. The van der Waals surface area contributed by atoms with Crippen LogP contribution in [0.3, 0.4) is 0 Å². The van der Waals surface area contributed by atoms with E-state index < -0.39 is 0 Å². The van der Waals surface area contributed by atoms with Crippen molar-refractivity contribution in [3.05, 3.63) is 12.2 Å². The predicted octanol–water partition coefficient (Wildman–Crippen LogP) is 1.41. The maximum Gasteiger partial charge on any atom is 0.140 e. The van der Waals surface area contributed by atoms with Crippen LogP contribution in [-0.2, 0) is 13.6 Å². The minimum absolute atomic E-state index is 0.153. The summed E-state index contributed by atoms with van der Waals surface area (Å²) >= 11 is 0. The van der Waals surface area contributed by atoms with Gasteiger partial charge in [0.1, 0.15) is 12.2 Å². The maximum absolute atomic E-state index is 4.36. The molecule has 0 spiro atoms. The standard InChI is InChI=1S/C14H27N5/c1-13(2,3)11-7-16-14(4,5)9-19(11)8-12-15-10-17-18(12)6/h10-11,16H,7-9H2,1-6H3. The first-order valence-corrected chi connectivity index (χ1v) is 7.01. The van der Waals surface area contributed by atoms with Gasteiger partial charge in [-0.1, -0.05) is 20.8 Å². The Morgan fingerprint density at radius 3 is 2.63 bits per heavy atom. The lowest BCUT2D eigenvalue weighted by molar-refractivity contribution is 0.0246. The highest BCUT2D eigenvalue weighted by Crippen LogP contribution is 2.29. The summed E-state index contributed by atoms with van der Waals surface area (Å²) in [7, 11) is 1.96. The van der Waals surface area contributed by atoms with E-state index in [0.717, 1.165) is 25.5 Å². The van der Waals surface area contributed by atoms with Crippen molar-refractivity contribution in [1.82, 2.24) is 25.0 Å². The van der Waals surface area contributed by atoms with Gasteiger partial charge in [0, 0.05) is 31.7 Å². The molecule has 0 amide bonds. The van der Waals surface area contributed by atoms with Gasteiger partial charge in [-0.25, -0.2) is 4.98 Å². The van der Waals surface area contributed by atoms with Crippen LogP contribution in [0.5, 0.6) is 0 Å². The number of aromatic nitrogens is 3. The molecule has 0 saturated carbocycles. The van der Waals surface area contributed by atoms with E-state index in [0.29, 0.717) is 6.04 Å². The van der Waals surface area contributed by atoms with E-state index in [2.05, 4.69) is 54.9 Å². The highest BCUT2D eigenvalue weighted by molar-refractivity contribution is 4.98. The van der Waals surface area contributed by atoms with Crippen LogP contribution in [0.2, 0.25) is 0 Å². The molecule has 0 radical (unpaired) electrons. The Morgan fingerprint density at radius 1 is 1.42 bits per heavy atom. The zero-order valence-electron chi connectivity index (χ0n) is 13.1. The van der Waals surface area contributed by atoms with Gasteiger partial charge in [-0.15, -0.1) is 0 Å². The number of hydrogen-bond acceptors (Lipinski definition) is 4. The van der Waals surface area contributed by atoms with Gasteiger partial charge in [-0.3, -0.25) is 9.58 Å². The zero-order valence-corrected chi connectivity index (χ0v) is 13.1. The van der Waals surface area contributed by atoms with Gasteiger partial charge in [-0.05, 0) is 19.3 Å². The van der Waals surface area contributed by atoms with E-state index in [9.17, 15) is 0 Å². The van der Waals surface area contributed by atoms with Crippen molar-refractivity contribution in [2.24, 2.45) is 12.5 Å². The molecule has 1 unspecified atom stereocenters. The van der Waals surface area contributed by atoms with Crippen LogP contribution in [0.4, 0.5) is 0 Å². The predicted molar refractivity (Wildman–Crippen MR) is 76.7 cm³/mol. The third kappa shape index (κ3) is 3.34. The van der Waals surface area contributed by atoms with Gasteiger partial charge in [0.05, 0.1) is 6.54 Å². The van der Waals surface area contributed by atoms with Gasteiger partial charge < -0.3 is 5.32 Å². The molecule has 108 valence electrons. The van der Waals surface area contributed by atoms with Crippen LogP contribution in [0, 0.1) is 5.41 Å². The molecule has 5 nitrogen and oxygen atoms in total. The second kappa shape index (κ2) is 4.87. The van der Waals surface area contributed by atoms with E-state index >= 15 is 0 Å². The molecule has 1 N–H and O–H groups in total. The summed E-state index contributed by atoms with van der Waals surface area (Å²) in [4.78, 5) is 6.91. The van der Waals surface area contributed by atoms with Crippen molar-refractivity contribution >= 4 is 0 Å². The summed E-state index contributed by atoms with van der Waals surface area (Å²) in [5, 5.41) is 7.82. The molecule has 0 bridgehead atoms. The molecule has 1 aromatic rings. The molecular formula is C14H27N5. The van der Waals surface area contributed by atoms with Crippen LogP contribution < -0.4 is 5.32 Å². The van der Waals surface area contributed by atoms with Crippen LogP contribution >= 0.6 is 0 Å². The summed E-state index contributed by atoms with van der Waals surface area (Å²) in [5.74, 6) is 1.03. The van der Waals surface area contributed by atoms with Crippen molar-refractivity contribution in [2.75, 3.05) is 13.1 Å². The van der Waals surface area contributed by atoms with Gasteiger partial charge in [0.2, 0.25) is 0 Å². The summed E-state index contributed by atoms with van der Waals surface area (Å²) in [5.41, 5.74) is 0.405. The Hall–Kier alpha value is -0.940. The number of nitrogens with one attached hydrogen (secondary N) is 1. The highest BCUT2D eigenvalue weighted by Gasteiger charge is 2.38. The van der Waals surface area contributed by atoms with Crippen molar-refractivity contribution in [3.8, 4) is 0 Å². The van der Waals surface area contributed by atoms with Crippen LogP contribution in [0.15, 0.2) is 6.33 Å². The van der Waals surface area contributed by atoms with E-state index in [-0.39, 0.29) is 11.0 Å². The Bertz CT molecular complexity index is 429. The minimum Gasteiger partial charge on any atom is -0.309 e. The van der Waals surface area contributed by atoms with Gasteiger partial charge in [0.15, 0.2) is 0 Å². The van der Waals surface area contributed by atoms with Crippen LogP contribution in [0.1, 0.15) is 40.4 Å². The lowest BCUT2D eigenvalue weighted by Crippen LogP contribution is -2.64. The Balaban J connectivity index is 2.18. The van der Waals surface area contributed by atoms with Gasteiger partial charge in [-0.2, -0.15) is 5.10 Å². The smallest absolute Gasteiger partial charge is 0.140 e. The normalized spacial score (nSPS) is 24.6. The molecule has 1 atom stereocenters. The van der Waals surface area contributed by atoms with E-state index in [1.807, 2.05) is 11.7 Å². The van der Waals surface area contributed by atoms with E-state index in [4.69, 9.17) is 0 Å². The Labute approximate surface area is 116 Å². The molecule has 1 aliphatic rings. The molecule has 2 rings (SSSR count). The molecular weight excluding hydrogens is 238 g/mol. The Kier molecular flexibility index (Phi) is 3.71.